The van der Waals surface area contributed by atoms with Gasteiger partial charge in [-0.25, -0.2) is 0 Å². The van der Waals surface area contributed by atoms with Crippen LogP contribution in [0.3, 0.4) is 0 Å². The molecule has 0 aromatic carbocycles. The zero-order chi connectivity index (χ0) is 12.2. The third-order valence-electron chi connectivity index (χ3n) is 3.12. The van der Waals surface area contributed by atoms with Crippen LogP contribution in [-0.4, -0.2) is 4.98 Å². The molecule has 0 bridgehead atoms. The molecule has 0 amide bonds. The Morgan fingerprint density at radius 3 is 2.76 bits per heavy atom. The van der Waals surface area contributed by atoms with Crippen molar-refractivity contribution in [3.63, 3.8) is 0 Å². The number of fused-ring (bicyclic) bond motifs is 3. The molecule has 2 aromatic rings. The Morgan fingerprint density at radius 1 is 1.24 bits per heavy atom. The van der Waals surface area contributed by atoms with Crippen LogP contribution in [-0.2, 0) is 5.60 Å². The van der Waals surface area contributed by atoms with Crippen LogP contribution in [0, 0.1) is 13.8 Å². The van der Waals surface area contributed by atoms with Crippen molar-refractivity contribution in [2.24, 2.45) is 0 Å². The van der Waals surface area contributed by atoms with Crippen LogP contribution >= 0.6 is 11.3 Å². The molecule has 17 heavy (non-hydrogen) atoms. The van der Waals surface area contributed by atoms with Crippen LogP contribution in [0.25, 0.3) is 10.4 Å². The Morgan fingerprint density at radius 2 is 2.00 bits per heavy atom. The van der Waals surface area contributed by atoms with Crippen molar-refractivity contribution in [2.45, 2.75) is 33.3 Å². The minimum atomic E-state index is -0.274. The van der Waals surface area contributed by atoms with Crippen LogP contribution in [0.15, 0.2) is 18.3 Å². The molecule has 0 radical (unpaired) electrons. The number of hydrogen-bond acceptors (Lipinski definition) is 3. The summed E-state index contributed by atoms with van der Waals surface area (Å²) >= 11 is 1.77. The molecule has 2 nitrogen and oxygen atoms in total. The first-order chi connectivity index (χ1) is 7.97. The van der Waals surface area contributed by atoms with Gasteiger partial charge in [0.25, 0.3) is 0 Å². The van der Waals surface area contributed by atoms with Crippen molar-refractivity contribution < 1.29 is 4.74 Å². The fraction of sp³-hybridized carbons (Fsp3) is 0.357. The van der Waals surface area contributed by atoms with Gasteiger partial charge in [-0.05, 0) is 39.8 Å². The van der Waals surface area contributed by atoms with E-state index in [1.807, 2.05) is 13.1 Å². The molecule has 2 aromatic heterocycles. The van der Waals surface area contributed by atoms with Gasteiger partial charge in [0.2, 0.25) is 0 Å². The second-order valence-electron chi connectivity index (χ2n) is 5.03. The zero-order valence-corrected chi connectivity index (χ0v) is 11.3. The SMILES string of the molecule is Cc1cc2c(cn1)-c1sc(C)cc1OC2(C)C. The molecule has 3 heterocycles. The maximum atomic E-state index is 6.10. The van der Waals surface area contributed by atoms with Crippen LogP contribution < -0.4 is 4.74 Å². The molecule has 0 aliphatic carbocycles. The molecule has 1 aliphatic heterocycles. The van der Waals surface area contributed by atoms with Gasteiger partial charge in [0.1, 0.15) is 11.4 Å². The lowest BCUT2D eigenvalue weighted by atomic mass is 9.90. The second-order valence-corrected chi connectivity index (χ2v) is 6.29. The summed E-state index contributed by atoms with van der Waals surface area (Å²) in [5.41, 5.74) is 3.22. The van der Waals surface area contributed by atoms with Gasteiger partial charge in [-0.1, -0.05) is 0 Å². The lowest BCUT2D eigenvalue weighted by Crippen LogP contribution is -2.29. The minimum absolute atomic E-state index is 0.274. The Bertz CT molecular complexity index is 598. The summed E-state index contributed by atoms with van der Waals surface area (Å²) in [6.07, 6.45) is 1.98. The molecule has 3 rings (SSSR count). The highest BCUT2D eigenvalue weighted by Gasteiger charge is 2.34. The highest BCUT2D eigenvalue weighted by Crippen LogP contribution is 2.48. The molecule has 1 aliphatic rings. The highest BCUT2D eigenvalue weighted by atomic mass is 32.1. The number of pyridine rings is 1. The summed E-state index contributed by atoms with van der Waals surface area (Å²) in [4.78, 5) is 6.91. The molecule has 0 spiro atoms. The molecular weight excluding hydrogens is 230 g/mol. The number of thiophene rings is 1. The monoisotopic (exact) mass is 245 g/mol. The summed E-state index contributed by atoms with van der Waals surface area (Å²) in [5, 5.41) is 0. The van der Waals surface area contributed by atoms with Gasteiger partial charge < -0.3 is 4.74 Å². The average molecular weight is 245 g/mol. The topological polar surface area (TPSA) is 22.1 Å². The van der Waals surface area contributed by atoms with Crippen LogP contribution in [0.1, 0.15) is 30.0 Å². The average Bonchev–Trinajstić information content (AvgIpc) is 2.58. The highest BCUT2D eigenvalue weighted by molar-refractivity contribution is 7.15. The third kappa shape index (κ3) is 1.57. The minimum Gasteiger partial charge on any atom is -0.482 e. The van der Waals surface area contributed by atoms with Crippen molar-refractivity contribution >= 4 is 11.3 Å². The fourth-order valence-electron chi connectivity index (χ4n) is 2.32. The molecular formula is C14H15NOS. The molecule has 0 saturated carbocycles. The first-order valence-corrected chi connectivity index (χ1v) is 6.56. The van der Waals surface area contributed by atoms with E-state index in [1.54, 1.807) is 11.3 Å². The lowest BCUT2D eigenvalue weighted by Gasteiger charge is -2.33. The van der Waals surface area contributed by atoms with E-state index in [0.29, 0.717) is 0 Å². The molecule has 0 atom stereocenters. The Labute approximate surface area is 105 Å². The Balaban J connectivity index is 2.32. The number of hydrogen-bond donors (Lipinski definition) is 0. The normalized spacial score (nSPS) is 16.0. The van der Waals surface area contributed by atoms with Gasteiger partial charge in [-0.2, -0.15) is 0 Å². The zero-order valence-electron chi connectivity index (χ0n) is 10.5. The van der Waals surface area contributed by atoms with Gasteiger partial charge >= 0.3 is 0 Å². The number of aromatic nitrogens is 1. The summed E-state index contributed by atoms with van der Waals surface area (Å²) in [6, 6.07) is 4.25. The number of aryl methyl sites for hydroxylation is 2. The Kier molecular flexibility index (Phi) is 2.11. The van der Waals surface area contributed by atoms with E-state index in [-0.39, 0.29) is 5.60 Å². The van der Waals surface area contributed by atoms with E-state index in [9.17, 15) is 0 Å². The summed E-state index contributed by atoms with van der Waals surface area (Å²) < 4.78 is 6.10. The first kappa shape index (κ1) is 10.8. The van der Waals surface area contributed by atoms with Gasteiger partial charge in [-0.15, -0.1) is 11.3 Å². The molecule has 0 N–H and O–H groups in total. The summed E-state index contributed by atoms with van der Waals surface area (Å²) in [6.45, 7) is 8.36. The first-order valence-electron chi connectivity index (χ1n) is 5.74. The van der Waals surface area contributed by atoms with Gasteiger partial charge in [0.05, 0.1) is 4.88 Å². The smallest absolute Gasteiger partial charge is 0.139 e. The van der Waals surface area contributed by atoms with E-state index in [4.69, 9.17) is 4.74 Å². The predicted octanol–water partition coefficient (Wildman–Crippen LogP) is 4.05. The molecule has 0 fully saturated rings. The quantitative estimate of drug-likeness (QED) is 0.698. The molecule has 88 valence electrons. The van der Waals surface area contributed by atoms with Crippen molar-refractivity contribution in [2.75, 3.05) is 0 Å². The second kappa shape index (κ2) is 3.33. The lowest BCUT2D eigenvalue weighted by molar-refractivity contribution is 0.106. The van der Waals surface area contributed by atoms with Gasteiger partial charge in [-0.3, -0.25) is 4.98 Å². The fourth-order valence-corrected chi connectivity index (χ4v) is 3.28. The van der Waals surface area contributed by atoms with Crippen molar-refractivity contribution in [1.82, 2.24) is 4.98 Å². The number of ether oxygens (including phenoxy) is 1. The van der Waals surface area contributed by atoms with Crippen molar-refractivity contribution in [3.8, 4) is 16.2 Å². The number of nitrogens with zero attached hydrogens (tertiary/aromatic N) is 1. The standard InChI is InChI=1S/C14H15NOS/c1-8-5-11-10(7-15-8)13-12(6-9(2)17-13)16-14(11,3)4/h5-7H,1-4H3. The van der Waals surface area contributed by atoms with E-state index < -0.39 is 0 Å². The van der Waals surface area contributed by atoms with E-state index >= 15 is 0 Å². The van der Waals surface area contributed by atoms with Crippen molar-refractivity contribution in [1.29, 1.82) is 0 Å². The summed E-state index contributed by atoms with van der Waals surface area (Å²) in [5.74, 6) is 0.996. The maximum absolute atomic E-state index is 6.10. The summed E-state index contributed by atoms with van der Waals surface area (Å²) in [7, 11) is 0. The van der Waals surface area contributed by atoms with E-state index in [1.165, 1.54) is 20.9 Å². The van der Waals surface area contributed by atoms with Gasteiger partial charge in [0, 0.05) is 27.9 Å². The molecule has 3 heteroatoms. The van der Waals surface area contributed by atoms with E-state index in [2.05, 4.69) is 37.9 Å². The molecule has 0 unspecified atom stereocenters. The van der Waals surface area contributed by atoms with Crippen LogP contribution in [0.2, 0.25) is 0 Å². The van der Waals surface area contributed by atoms with Crippen LogP contribution in [0.4, 0.5) is 0 Å². The predicted molar refractivity (Wildman–Crippen MR) is 70.7 cm³/mol. The van der Waals surface area contributed by atoms with Crippen LogP contribution in [0.5, 0.6) is 5.75 Å². The van der Waals surface area contributed by atoms with E-state index in [0.717, 1.165) is 11.4 Å². The molecule has 0 saturated heterocycles. The number of rotatable bonds is 0. The van der Waals surface area contributed by atoms with Crippen molar-refractivity contribution in [3.05, 3.63) is 34.5 Å². The van der Waals surface area contributed by atoms with Gasteiger partial charge in [0.15, 0.2) is 0 Å². The maximum Gasteiger partial charge on any atom is 0.139 e. The third-order valence-corrected chi connectivity index (χ3v) is 4.19. The largest absolute Gasteiger partial charge is 0.482 e. The Hall–Kier alpha value is -1.35.